The number of aliphatic hydroxyl groups is 1. The minimum atomic E-state index is -0.774. The lowest BCUT2D eigenvalue weighted by Crippen LogP contribution is -2.02. The van der Waals surface area contributed by atoms with Gasteiger partial charge in [-0.3, -0.25) is 9.59 Å². The molecule has 1 rings (SSSR count). The molecule has 0 amide bonds. The van der Waals surface area contributed by atoms with Crippen LogP contribution < -0.4 is 0 Å². The first-order chi connectivity index (χ1) is 8.02. The smallest absolute Gasteiger partial charge is 0.307 e. The molecule has 0 aliphatic heterocycles. The molecule has 0 saturated heterocycles. The van der Waals surface area contributed by atoms with Crippen LogP contribution in [-0.4, -0.2) is 34.9 Å². The van der Waals surface area contributed by atoms with Gasteiger partial charge in [0.1, 0.15) is 0 Å². The highest BCUT2D eigenvalue weighted by atomic mass is 16.4. The predicted octanol–water partition coefficient (Wildman–Crippen LogP) is 1.24. The molecule has 0 aliphatic rings. The lowest BCUT2D eigenvalue weighted by atomic mass is 10.0. The van der Waals surface area contributed by atoms with Gasteiger partial charge in [0.2, 0.25) is 0 Å². The Bertz CT molecular complexity index is 347. The number of hydrogen-bond acceptors (Lipinski definition) is 3. The predicted molar refractivity (Wildman–Crippen MR) is 64.1 cm³/mol. The van der Waals surface area contributed by atoms with E-state index in [0.29, 0.717) is 0 Å². The van der Waals surface area contributed by atoms with Crippen molar-refractivity contribution < 1.29 is 24.9 Å². The Morgan fingerprint density at radius 2 is 1.76 bits per heavy atom. The summed E-state index contributed by atoms with van der Waals surface area (Å²) < 4.78 is 0. The quantitative estimate of drug-likeness (QED) is 0.678. The lowest BCUT2D eigenvalue weighted by Gasteiger charge is -2.04. The van der Waals surface area contributed by atoms with Crippen molar-refractivity contribution in [3.8, 4) is 0 Å². The molecule has 0 fully saturated rings. The molecule has 0 atom stereocenters. The van der Waals surface area contributed by atoms with E-state index >= 15 is 0 Å². The zero-order valence-corrected chi connectivity index (χ0v) is 10.2. The molecule has 5 heteroatoms. The molecule has 5 nitrogen and oxygen atoms in total. The molecule has 17 heavy (non-hydrogen) atoms. The summed E-state index contributed by atoms with van der Waals surface area (Å²) in [7, 11) is 1.00. The van der Waals surface area contributed by atoms with Crippen molar-refractivity contribution in [3.05, 3.63) is 34.9 Å². The maximum Gasteiger partial charge on any atom is 0.307 e. The Kier molecular flexibility index (Phi) is 11.0. The van der Waals surface area contributed by atoms with Crippen molar-refractivity contribution in [3.63, 3.8) is 0 Å². The van der Waals surface area contributed by atoms with Gasteiger partial charge in [-0.15, -0.1) is 0 Å². The average Bonchev–Trinajstić information content (AvgIpc) is 2.28. The van der Waals surface area contributed by atoms with Crippen LogP contribution in [0.5, 0.6) is 0 Å². The molecule has 1 aromatic carbocycles. The third-order valence-electron chi connectivity index (χ3n) is 2.06. The number of aliphatic hydroxyl groups excluding tert-OH is 1. The normalized spacial score (nSPS) is 8.00. The molecule has 0 radical (unpaired) electrons. The molecule has 0 bridgehead atoms. The molecule has 0 aromatic heterocycles. The van der Waals surface area contributed by atoms with Crippen LogP contribution in [0.1, 0.15) is 16.7 Å². The van der Waals surface area contributed by atoms with Gasteiger partial charge in [-0.2, -0.15) is 0 Å². The fourth-order valence-electron chi connectivity index (χ4n) is 1.17. The minimum Gasteiger partial charge on any atom is -0.483 e. The zero-order chi connectivity index (χ0) is 13.8. The third kappa shape index (κ3) is 7.98. The summed E-state index contributed by atoms with van der Waals surface area (Å²) in [6.07, 6.45) is 0.119. The molecule has 96 valence electrons. The van der Waals surface area contributed by atoms with Crippen molar-refractivity contribution in [1.29, 1.82) is 0 Å². The highest BCUT2D eigenvalue weighted by molar-refractivity contribution is 5.70. The summed E-state index contributed by atoms with van der Waals surface area (Å²) in [6, 6.07) is 5.73. The molecule has 0 spiro atoms. The van der Waals surface area contributed by atoms with Crippen molar-refractivity contribution in [2.75, 3.05) is 7.11 Å². The summed E-state index contributed by atoms with van der Waals surface area (Å²) in [4.78, 5) is 18.8. The molecule has 0 unspecified atom stereocenters. The van der Waals surface area contributed by atoms with Crippen LogP contribution in [0, 0.1) is 13.8 Å². The lowest BCUT2D eigenvalue weighted by molar-refractivity contribution is -0.136. The highest BCUT2D eigenvalue weighted by Gasteiger charge is 2.04. The summed E-state index contributed by atoms with van der Waals surface area (Å²) in [5.74, 6) is -0.774. The van der Waals surface area contributed by atoms with Crippen LogP contribution in [0.15, 0.2) is 18.2 Å². The van der Waals surface area contributed by atoms with E-state index in [1.54, 1.807) is 0 Å². The molecule has 1 aromatic rings. The Morgan fingerprint density at radius 1 is 1.29 bits per heavy atom. The molecule has 3 N–H and O–H groups in total. The van der Waals surface area contributed by atoms with Crippen molar-refractivity contribution in [1.82, 2.24) is 0 Å². The van der Waals surface area contributed by atoms with Gasteiger partial charge >= 0.3 is 5.97 Å². The number of aliphatic carboxylic acids is 1. The van der Waals surface area contributed by atoms with Gasteiger partial charge in [-0.1, -0.05) is 18.2 Å². The van der Waals surface area contributed by atoms with Crippen LogP contribution in [0.3, 0.4) is 0 Å². The number of aryl methyl sites for hydroxylation is 1. The van der Waals surface area contributed by atoms with Gasteiger partial charge in [0, 0.05) is 7.11 Å². The fraction of sp³-hybridized carbons (Fsp3) is 0.333. The topological polar surface area (TPSA) is 94.8 Å². The Morgan fingerprint density at radius 3 is 2.18 bits per heavy atom. The zero-order valence-electron chi connectivity index (χ0n) is 10.2. The second kappa shape index (κ2) is 10.6. The van der Waals surface area contributed by atoms with E-state index < -0.39 is 5.97 Å². The molecule has 0 heterocycles. The van der Waals surface area contributed by atoms with Crippen LogP contribution >= 0.6 is 0 Å². The fourth-order valence-corrected chi connectivity index (χ4v) is 1.17. The van der Waals surface area contributed by atoms with Crippen molar-refractivity contribution >= 4 is 12.4 Å². The van der Waals surface area contributed by atoms with E-state index in [2.05, 4.69) is 0 Å². The minimum absolute atomic E-state index is 0.119. The maximum atomic E-state index is 10.4. The number of carboxylic acid groups (broad SMARTS) is 2. The molecule has 0 aliphatic carbocycles. The van der Waals surface area contributed by atoms with E-state index in [4.69, 9.17) is 20.1 Å². The summed E-state index contributed by atoms with van der Waals surface area (Å²) in [6.45, 7) is 3.69. The molecular weight excluding hydrogens is 224 g/mol. The largest absolute Gasteiger partial charge is 0.483 e. The number of hydrogen-bond donors (Lipinski definition) is 3. The van der Waals surface area contributed by atoms with E-state index in [9.17, 15) is 4.79 Å². The monoisotopic (exact) mass is 242 g/mol. The van der Waals surface area contributed by atoms with Crippen LogP contribution in [0.2, 0.25) is 0 Å². The number of carbonyl (C=O) groups is 2. The van der Waals surface area contributed by atoms with E-state index in [1.807, 2.05) is 32.0 Å². The SMILES string of the molecule is CO.Cc1cccc(CC(=O)O)c1C.O=CO. The molecule has 0 saturated carbocycles. The summed E-state index contributed by atoms with van der Waals surface area (Å²) in [5, 5.41) is 22.5. The average molecular weight is 242 g/mol. The highest BCUT2D eigenvalue weighted by Crippen LogP contribution is 2.12. The first-order valence-electron chi connectivity index (χ1n) is 4.82. The van der Waals surface area contributed by atoms with E-state index in [1.165, 1.54) is 0 Å². The van der Waals surface area contributed by atoms with E-state index in [-0.39, 0.29) is 12.9 Å². The number of benzene rings is 1. The summed E-state index contributed by atoms with van der Waals surface area (Å²) in [5.41, 5.74) is 3.14. The van der Waals surface area contributed by atoms with Gasteiger partial charge in [-0.25, -0.2) is 0 Å². The molecular formula is C12H18O5. The second-order valence-corrected chi connectivity index (χ2v) is 3.03. The van der Waals surface area contributed by atoms with Crippen molar-refractivity contribution in [2.45, 2.75) is 20.3 Å². The number of carboxylic acids is 1. The maximum absolute atomic E-state index is 10.4. The first-order valence-corrected chi connectivity index (χ1v) is 4.82. The van der Waals surface area contributed by atoms with Crippen LogP contribution in [0.25, 0.3) is 0 Å². The van der Waals surface area contributed by atoms with Gasteiger partial charge in [0.15, 0.2) is 0 Å². The Balaban J connectivity index is 0. The Labute approximate surface area is 100 Å². The number of rotatable bonds is 2. The summed E-state index contributed by atoms with van der Waals surface area (Å²) >= 11 is 0. The van der Waals surface area contributed by atoms with Gasteiger partial charge in [-0.05, 0) is 30.5 Å². The third-order valence-corrected chi connectivity index (χ3v) is 2.06. The van der Waals surface area contributed by atoms with Crippen LogP contribution in [-0.2, 0) is 16.0 Å². The van der Waals surface area contributed by atoms with Crippen LogP contribution in [0.4, 0.5) is 0 Å². The first kappa shape index (κ1) is 17.5. The second-order valence-electron chi connectivity index (χ2n) is 3.03. The standard InChI is InChI=1S/C10H12O2.CH2O2.CH4O/c1-7-4-3-5-9(8(7)2)6-10(11)12;2-1-3;1-2/h3-5H,6H2,1-2H3,(H,11,12);1H,(H,2,3);2H,1H3. The van der Waals surface area contributed by atoms with Gasteiger partial charge in [0.05, 0.1) is 6.42 Å². The van der Waals surface area contributed by atoms with Gasteiger partial charge < -0.3 is 15.3 Å². The van der Waals surface area contributed by atoms with E-state index in [0.717, 1.165) is 23.8 Å². The van der Waals surface area contributed by atoms with Crippen molar-refractivity contribution in [2.24, 2.45) is 0 Å². The van der Waals surface area contributed by atoms with Gasteiger partial charge in [0.25, 0.3) is 6.47 Å². The Hall–Kier alpha value is -1.88.